The zero-order valence-electron chi connectivity index (χ0n) is 15.6. The molecule has 3 aromatic rings. The normalized spacial score (nSPS) is 10.6. The maximum absolute atomic E-state index is 5.84. The van der Waals surface area contributed by atoms with Gasteiger partial charge in [0.1, 0.15) is 11.4 Å². The summed E-state index contributed by atoms with van der Waals surface area (Å²) in [6, 6.07) is 20.5. The zero-order valence-corrected chi connectivity index (χ0v) is 16.4. The first-order chi connectivity index (χ1) is 12.8. The fourth-order valence-electron chi connectivity index (χ4n) is 3.09. The van der Waals surface area contributed by atoms with E-state index in [1.54, 1.807) is 7.11 Å². The number of methoxy groups -OCH3 is 1. The molecule has 0 bridgehead atoms. The second-order valence-electron chi connectivity index (χ2n) is 6.21. The first kappa shape index (κ1) is 21.0. The van der Waals surface area contributed by atoms with E-state index in [2.05, 4.69) is 40.3 Å². The third-order valence-electron chi connectivity index (χ3n) is 4.42. The fraction of sp³-hybridized carbons (Fsp3) is 0.286. The van der Waals surface area contributed by atoms with Gasteiger partial charge in [-0.15, -0.1) is 12.4 Å². The van der Waals surface area contributed by atoms with Crippen LogP contribution in [0.25, 0.3) is 5.69 Å². The van der Waals surface area contributed by atoms with Gasteiger partial charge in [-0.1, -0.05) is 42.5 Å². The minimum absolute atomic E-state index is 0. The highest BCUT2D eigenvalue weighted by atomic mass is 35.5. The van der Waals surface area contributed by atoms with Gasteiger partial charge in [0, 0.05) is 32.4 Å². The van der Waals surface area contributed by atoms with Crippen LogP contribution < -0.4 is 10.5 Å². The lowest BCUT2D eigenvalue weighted by molar-refractivity contribution is 0.270. The highest BCUT2D eigenvalue weighted by Gasteiger charge is 2.13. The van der Waals surface area contributed by atoms with Crippen LogP contribution >= 0.6 is 12.4 Å². The van der Waals surface area contributed by atoms with Crippen LogP contribution in [0.4, 0.5) is 0 Å². The number of para-hydroxylation sites is 2. The molecule has 0 aliphatic rings. The minimum Gasteiger partial charge on any atom is -0.494 e. The number of nitrogens with zero attached hydrogens (tertiary/aromatic N) is 3. The minimum atomic E-state index is 0. The Labute approximate surface area is 167 Å². The molecule has 0 aliphatic carbocycles. The summed E-state index contributed by atoms with van der Waals surface area (Å²) in [6.07, 6.45) is 2.84. The van der Waals surface area contributed by atoms with Crippen LogP contribution in [0.3, 0.4) is 0 Å². The summed E-state index contributed by atoms with van der Waals surface area (Å²) in [5.41, 5.74) is 9.25. The van der Waals surface area contributed by atoms with Gasteiger partial charge in [0.2, 0.25) is 0 Å². The van der Waals surface area contributed by atoms with E-state index in [9.17, 15) is 0 Å². The number of ether oxygens (including phenoxy) is 1. The van der Waals surface area contributed by atoms with Gasteiger partial charge in [-0.25, -0.2) is 4.68 Å². The lowest BCUT2D eigenvalue weighted by atomic mass is 10.1. The van der Waals surface area contributed by atoms with Gasteiger partial charge in [-0.2, -0.15) is 5.10 Å². The molecular formula is C21H27ClN4O. The van der Waals surface area contributed by atoms with Crippen LogP contribution in [0.5, 0.6) is 5.75 Å². The summed E-state index contributed by atoms with van der Waals surface area (Å²) >= 11 is 0. The van der Waals surface area contributed by atoms with Crippen molar-refractivity contribution in [3.63, 3.8) is 0 Å². The van der Waals surface area contributed by atoms with Gasteiger partial charge >= 0.3 is 0 Å². The van der Waals surface area contributed by atoms with Crippen LogP contribution in [-0.2, 0) is 13.0 Å². The van der Waals surface area contributed by atoms with Gasteiger partial charge < -0.3 is 10.5 Å². The van der Waals surface area contributed by atoms with Crippen molar-refractivity contribution < 1.29 is 4.74 Å². The van der Waals surface area contributed by atoms with Crippen LogP contribution in [0.1, 0.15) is 11.3 Å². The topological polar surface area (TPSA) is 56.3 Å². The molecule has 6 heteroatoms. The van der Waals surface area contributed by atoms with E-state index in [1.807, 2.05) is 41.2 Å². The molecule has 5 nitrogen and oxygen atoms in total. The first-order valence-corrected chi connectivity index (χ1v) is 8.94. The van der Waals surface area contributed by atoms with Crippen LogP contribution in [-0.4, -0.2) is 41.4 Å². The molecule has 0 saturated carbocycles. The Bertz CT molecular complexity index is 807. The molecule has 2 N–H and O–H groups in total. The second kappa shape index (κ2) is 10.7. The van der Waals surface area contributed by atoms with E-state index in [1.165, 1.54) is 5.56 Å². The van der Waals surface area contributed by atoms with Gasteiger partial charge in [0.25, 0.3) is 0 Å². The molecule has 1 aromatic heterocycles. The molecule has 0 unspecified atom stereocenters. The van der Waals surface area contributed by atoms with Crippen molar-refractivity contribution in [1.29, 1.82) is 0 Å². The lowest BCUT2D eigenvalue weighted by Crippen LogP contribution is -2.31. The standard InChI is InChI=1S/C21H26N4O.ClH/c1-26-21-10-6-5-9-20(21)25-19(11-14-23-25)17-24(16-13-22)15-12-18-7-3-2-4-8-18;/h2-11,14H,12-13,15-17,22H2,1H3;1H. The number of hydrogen-bond donors (Lipinski definition) is 1. The highest BCUT2D eigenvalue weighted by molar-refractivity contribution is 5.85. The number of hydrogen-bond acceptors (Lipinski definition) is 4. The van der Waals surface area contributed by atoms with Crippen molar-refractivity contribution in [1.82, 2.24) is 14.7 Å². The second-order valence-corrected chi connectivity index (χ2v) is 6.21. The summed E-state index contributed by atoms with van der Waals surface area (Å²) < 4.78 is 7.44. The smallest absolute Gasteiger partial charge is 0.144 e. The van der Waals surface area contributed by atoms with Crippen molar-refractivity contribution in [2.24, 2.45) is 5.73 Å². The van der Waals surface area contributed by atoms with E-state index < -0.39 is 0 Å². The summed E-state index contributed by atoms with van der Waals surface area (Å²) in [5.74, 6) is 0.812. The zero-order chi connectivity index (χ0) is 18.2. The molecule has 144 valence electrons. The Morgan fingerprint density at radius 2 is 1.74 bits per heavy atom. The van der Waals surface area contributed by atoms with Crippen LogP contribution in [0.2, 0.25) is 0 Å². The van der Waals surface area contributed by atoms with Crippen molar-refractivity contribution >= 4 is 12.4 Å². The lowest BCUT2D eigenvalue weighted by Gasteiger charge is -2.22. The molecule has 0 amide bonds. The highest BCUT2D eigenvalue weighted by Crippen LogP contribution is 2.23. The van der Waals surface area contributed by atoms with Crippen LogP contribution in [0, 0.1) is 0 Å². The molecule has 27 heavy (non-hydrogen) atoms. The number of halogens is 1. The third-order valence-corrected chi connectivity index (χ3v) is 4.42. The maximum Gasteiger partial charge on any atom is 0.144 e. The van der Waals surface area contributed by atoms with Crippen molar-refractivity contribution in [2.75, 3.05) is 26.7 Å². The van der Waals surface area contributed by atoms with Crippen molar-refractivity contribution in [2.45, 2.75) is 13.0 Å². The summed E-state index contributed by atoms with van der Waals surface area (Å²) in [7, 11) is 1.68. The van der Waals surface area contributed by atoms with E-state index in [-0.39, 0.29) is 12.4 Å². The van der Waals surface area contributed by atoms with Crippen molar-refractivity contribution in [3.05, 3.63) is 78.1 Å². The largest absolute Gasteiger partial charge is 0.494 e. The predicted octanol–water partition coefficient (Wildman–Crippen LogP) is 3.31. The molecule has 1 heterocycles. The van der Waals surface area contributed by atoms with E-state index in [4.69, 9.17) is 10.5 Å². The Kier molecular flexibility index (Phi) is 8.33. The fourth-order valence-corrected chi connectivity index (χ4v) is 3.09. The monoisotopic (exact) mass is 386 g/mol. The van der Waals surface area contributed by atoms with Gasteiger partial charge in [0.05, 0.1) is 12.8 Å². The Balaban J connectivity index is 0.00000261. The summed E-state index contributed by atoms with van der Waals surface area (Å²) in [6.45, 7) is 3.24. The van der Waals surface area contributed by atoms with Crippen LogP contribution in [0.15, 0.2) is 66.9 Å². The Hall–Kier alpha value is -2.34. The van der Waals surface area contributed by atoms with Crippen molar-refractivity contribution in [3.8, 4) is 11.4 Å². The molecule has 0 atom stereocenters. The third kappa shape index (κ3) is 5.57. The number of benzene rings is 2. The molecule has 3 rings (SSSR count). The first-order valence-electron chi connectivity index (χ1n) is 8.94. The molecule has 0 fully saturated rings. The molecular weight excluding hydrogens is 360 g/mol. The number of aromatic nitrogens is 2. The average Bonchev–Trinajstić information content (AvgIpc) is 3.15. The van der Waals surface area contributed by atoms with Gasteiger partial charge in [-0.05, 0) is 30.2 Å². The Morgan fingerprint density at radius 1 is 1.00 bits per heavy atom. The quantitative estimate of drug-likeness (QED) is 0.613. The predicted molar refractivity (Wildman–Crippen MR) is 112 cm³/mol. The molecule has 2 aromatic carbocycles. The maximum atomic E-state index is 5.84. The van der Waals surface area contributed by atoms with Gasteiger partial charge in [0.15, 0.2) is 0 Å². The van der Waals surface area contributed by atoms with E-state index >= 15 is 0 Å². The summed E-state index contributed by atoms with van der Waals surface area (Å²) in [5, 5.41) is 4.51. The molecule has 0 radical (unpaired) electrons. The molecule has 0 aliphatic heterocycles. The number of nitrogens with two attached hydrogens (primary N) is 1. The van der Waals surface area contributed by atoms with Gasteiger partial charge in [-0.3, -0.25) is 4.90 Å². The summed E-state index contributed by atoms with van der Waals surface area (Å²) in [4.78, 5) is 2.37. The average molecular weight is 387 g/mol. The van der Waals surface area contributed by atoms with E-state index in [0.717, 1.165) is 43.2 Å². The molecule has 0 spiro atoms. The molecule has 0 saturated heterocycles. The number of rotatable bonds is 9. The van der Waals surface area contributed by atoms with E-state index in [0.29, 0.717) is 6.54 Å². The SMILES string of the molecule is COc1ccccc1-n1nccc1CN(CCN)CCc1ccccc1.Cl. The Morgan fingerprint density at radius 3 is 2.48 bits per heavy atom.